The Kier molecular flexibility index (Phi) is 13.1. The first-order chi connectivity index (χ1) is 31.5. The van der Waals surface area contributed by atoms with Gasteiger partial charge >= 0.3 is 0 Å². The molecule has 7 aliphatic heterocycles. The molecule has 0 unspecified atom stereocenters. The van der Waals surface area contributed by atoms with Crippen LogP contribution in [0.1, 0.15) is 84.9 Å². The molecule has 7 heterocycles. The Morgan fingerprint density at radius 2 is 0.879 bits per heavy atom. The maximum Gasteiger partial charge on any atom is 0.190 e. The van der Waals surface area contributed by atoms with Crippen molar-refractivity contribution in [3.05, 3.63) is 108 Å². The molecule has 0 N–H and O–H groups in total. The largest absolute Gasteiger partial charge is 0.374 e. The lowest BCUT2D eigenvalue weighted by atomic mass is 9.87. The Morgan fingerprint density at radius 3 is 1.42 bits per heavy atom. The average molecular weight is 919 g/mol. The van der Waals surface area contributed by atoms with Crippen molar-refractivity contribution in [2.24, 2.45) is 0 Å². The van der Waals surface area contributed by atoms with E-state index in [0.717, 1.165) is 16.7 Å². The zero-order valence-corrected chi connectivity index (χ0v) is 39.2. The van der Waals surface area contributed by atoms with E-state index in [9.17, 15) is 0 Å². The molecular weight excluding hydrogens is 853 g/mol. The van der Waals surface area contributed by atoms with Crippen LogP contribution < -0.4 is 0 Å². The third kappa shape index (κ3) is 10.3. The van der Waals surface area contributed by atoms with Crippen molar-refractivity contribution in [2.45, 2.75) is 197 Å². The molecular formula is C51H66O15. The second-order valence-electron chi connectivity index (χ2n) is 20.3. The van der Waals surface area contributed by atoms with Gasteiger partial charge in [0.25, 0.3) is 0 Å². The van der Waals surface area contributed by atoms with Gasteiger partial charge in [-0.2, -0.15) is 0 Å². The summed E-state index contributed by atoms with van der Waals surface area (Å²) in [5, 5.41) is 0. The highest BCUT2D eigenvalue weighted by molar-refractivity contribution is 5.16. The second-order valence-corrected chi connectivity index (χ2v) is 20.3. The third-order valence-electron chi connectivity index (χ3n) is 13.1. The predicted octanol–water partition coefficient (Wildman–Crippen LogP) is 7.06. The normalized spacial score (nSPS) is 39.2. The Hall–Kier alpha value is -2.94. The van der Waals surface area contributed by atoms with Crippen molar-refractivity contribution >= 4 is 0 Å². The van der Waals surface area contributed by atoms with Crippen LogP contribution >= 0.6 is 0 Å². The molecule has 0 aliphatic carbocycles. The number of rotatable bonds is 15. The molecule has 15 nitrogen and oxygen atoms in total. The van der Waals surface area contributed by atoms with Gasteiger partial charge in [0.15, 0.2) is 41.5 Å². The molecule has 3 aromatic carbocycles. The third-order valence-corrected chi connectivity index (χ3v) is 13.1. The number of fused-ring (bicyclic) bond motifs is 6. The summed E-state index contributed by atoms with van der Waals surface area (Å²) in [6.45, 7) is 16.2. The van der Waals surface area contributed by atoms with Crippen LogP contribution in [0.15, 0.2) is 91.0 Å². The molecule has 7 fully saturated rings. The van der Waals surface area contributed by atoms with Gasteiger partial charge in [-0.05, 0) is 72.1 Å². The highest BCUT2D eigenvalue weighted by Crippen LogP contribution is 2.49. The van der Waals surface area contributed by atoms with E-state index < -0.39 is 109 Å². The summed E-state index contributed by atoms with van der Waals surface area (Å²) in [5.41, 5.74) is 3.05. The van der Waals surface area contributed by atoms with Gasteiger partial charge in [-0.15, -0.1) is 0 Å². The maximum atomic E-state index is 7.43. The molecule has 0 radical (unpaired) electrons. The second kappa shape index (κ2) is 18.4. The lowest BCUT2D eigenvalue weighted by Gasteiger charge is -2.50. The smallest absolute Gasteiger partial charge is 0.190 e. The first-order valence-electron chi connectivity index (χ1n) is 23.5. The van der Waals surface area contributed by atoms with Crippen LogP contribution in [0.4, 0.5) is 0 Å². The SMILES string of the molecule is CC1(C)O[C@H]2[C@@H](O1)[C@@H](CO[C@]1(C[C@H]3O[C@@H]4OC(C)(C)O[C@@H]4[C@H]4OC(C)(C)O[C@H]43)C[C@@H](OCc3ccccc3)[C@H](OCc3ccccc3)[C@@H](COCc3ccccc3)O1)O[C@@H]1OC(C)(C)O[C@@H]12. The fourth-order valence-electron chi connectivity index (χ4n) is 10.5. The number of ether oxygens (including phenoxy) is 15. The van der Waals surface area contributed by atoms with Crippen molar-refractivity contribution in [2.75, 3.05) is 13.2 Å². The molecule has 0 saturated carbocycles. The van der Waals surface area contributed by atoms with E-state index in [4.69, 9.17) is 71.1 Å². The predicted molar refractivity (Wildman–Crippen MR) is 234 cm³/mol. The summed E-state index contributed by atoms with van der Waals surface area (Å²) in [6, 6.07) is 30.2. The lowest BCUT2D eigenvalue weighted by Crippen LogP contribution is -2.63. The van der Waals surface area contributed by atoms with Gasteiger partial charge in [-0.3, -0.25) is 0 Å². The monoisotopic (exact) mass is 918 g/mol. The van der Waals surface area contributed by atoms with E-state index in [1.807, 2.05) is 146 Å². The Morgan fingerprint density at radius 1 is 0.439 bits per heavy atom. The summed E-state index contributed by atoms with van der Waals surface area (Å²) in [6.07, 6.45) is -7.34. The highest BCUT2D eigenvalue weighted by atomic mass is 16.9. The quantitative estimate of drug-likeness (QED) is 0.154. The van der Waals surface area contributed by atoms with E-state index in [0.29, 0.717) is 19.8 Å². The van der Waals surface area contributed by atoms with Gasteiger partial charge < -0.3 is 71.1 Å². The van der Waals surface area contributed by atoms with Crippen molar-refractivity contribution < 1.29 is 71.1 Å². The molecule has 0 spiro atoms. The van der Waals surface area contributed by atoms with Gasteiger partial charge in [0.05, 0.1) is 45.2 Å². The molecule has 0 amide bonds. The molecule has 7 aliphatic rings. The zero-order valence-electron chi connectivity index (χ0n) is 39.2. The van der Waals surface area contributed by atoms with E-state index in [-0.39, 0.29) is 26.1 Å². The molecule has 7 saturated heterocycles. The van der Waals surface area contributed by atoms with Crippen molar-refractivity contribution in [3.63, 3.8) is 0 Å². The number of hydrogen-bond acceptors (Lipinski definition) is 15. The molecule has 15 heteroatoms. The van der Waals surface area contributed by atoms with E-state index in [1.54, 1.807) is 0 Å². The topological polar surface area (TPSA) is 138 Å². The van der Waals surface area contributed by atoms with Crippen LogP contribution in [0.25, 0.3) is 0 Å². The fourth-order valence-corrected chi connectivity index (χ4v) is 10.5. The van der Waals surface area contributed by atoms with Gasteiger partial charge in [0.1, 0.15) is 54.9 Å². The molecule has 0 bridgehead atoms. The summed E-state index contributed by atoms with van der Waals surface area (Å²) >= 11 is 0. The minimum Gasteiger partial charge on any atom is -0.374 e. The highest BCUT2D eigenvalue weighted by Gasteiger charge is 2.64. The van der Waals surface area contributed by atoms with Gasteiger partial charge in [0.2, 0.25) is 0 Å². The Labute approximate surface area is 387 Å². The average Bonchev–Trinajstić information content (AvgIpc) is 3.99. The molecule has 14 atom stereocenters. The first kappa shape index (κ1) is 46.8. The standard InChI is InChI=1S/C51H66O15/c1-47(2)59-39-35(56-45-43(41(39)61-47)63-49(5,6)65-45)25-51(55-30-36-40-42(62-48(3,4)60-40)44-46(57-36)66-50(7,8)64-44)24-34(53-27-32-20-14-10-15-21-32)38(54-28-33-22-16-11-17-23-33)37(58-51)29-52-26-31-18-12-9-13-19-31/h9-23,34-46H,24-30H2,1-8H3/t34-,35-,36-,37-,38+,39+,40+,41+,42+,43-,44-,45-,46-,51-/m1/s1. The summed E-state index contributed by atoms with van der Waals surface area (Å²) in [7, 11) is 0. The molecule has 0 aromatic heterocycles. The van der Waals surface area contributed by atoms with Gasteiger partial charge in [-0.25, -0.2) is 0 Å². The minimum absolute atomic E-state index is 0.0223. The molecule has 3 aromatic rings. The summed E-state index contributed by atoms with van der Waals surface area (Å²) in [4.78, 5) is 0. The van der Waals surface area contributed by atoms with Crippen LogP contribution in [0, 0.1) is 0 Å². The summed E-state index contributed by atoms with van der Waals surface area (Å²) in [5.74, 6) is -5.06. The number of benzene rings is 3. The van der Waals surface area contributed by atoms with Crippen molar-refractivity contribution in [1.82, 2.24) is 0 Å². The van der Waals surface area contributed by atoms with E-state index >= 15 is 0 Å². The van der Waals surface area contributed by atoms with Crippen LogP contribution in [0.3, 0.4) is 0 Å². The molecule has 360 valence electrons. The summed E-state index contributed by atoms with van der Waals surface area (Å²) < 4.78 is 100. The molecule has 10 rings (SSSR count). The first-order valence-corrected chi connectivity index (χ1v) is 23.5. The zero-order chi connectivity index (χ0) is 45.9. The fraction of sp³-hybridized carbons (Fsp3) is 0.647. The van der Waals surface area contributed by atoms with Crippen LogP contribution in [-0.2, 0) is 90.9 Å². The Bertz CT molecular complexity index is 2070. The minimum atomic E-state index is -1.42. The van der Waals surface area contributed by atoms with Gasteiger partial charge in [-0.1, -0.05) is 91.0 Å². The van der Waals surface area contributed by atoms with Crippen LogP contribution in [0.5, 0.6) is 0 Å². The van der Waals surface area contributed by atoms with Crippen LogP contribution in [-0.4, -0.2) is 122 Å². The number of hydrogen-bond donors (Lipinski definition) is 0. The van der Waals surface area contributed by atoms with Gasteiger partial charge in [0, 0.05) is 12.8 Å². The Balaban J connectivity index is 1.01. The van der Waals surface area contributed by atoms with Crippen LogP contribution in [0.2, 0.25) is 0 Å². The molecule has 66 heavy (non-hydrogen) atoms. The van der Waals surface area contributed by atoms with Crippen molar-refractivity contribution in [1.29, 1.82) is 0 Å². The van der Waals surface area contributed by atoms with Crippen molar-refractivity contribution in [3.8, 4) is 0 Å². The van der Waals surface area contributed by atoms with E-state index in [1.165, 1.54) is 0 Å². The lowest BCUT2D eigenvalue weighted by molar-refractivity contribution is -0.361. The van der Waals surface area contributed by atoms with E-state index in [2.05, 4.69) is 0 Å². The maximum absolute atomic E-state index is 7.43.